The molecule has 0 aliphatic rings. The lowest BCUT2D eigenvalue weighted by atomic mass is 9.93. The van der Waals surface area contributed by atoms with Gasteiger partial charge in [0.2, 0.25) is 0 Å². The van der Waals surface area contributed by atoms with Gasteiger partial charge in [-0.15, -0.1) is 0 Å². The summed E-state index contributed by atoms with van der Waals surface area (Å²) in [6, 6.07) is 0. The number of aliphatic carboxylic acids is 1. The van der Waals surface area contributed by atoms with Crippen molar-refractivity contribution in [1.29, 1.82) is 0 Å². The zero-order valence-electron chi connectivity index (χ0n) is 10.8. The first-order chi connectivity index (χ1) is 8.00. The SMILES string of the molecule is CC(C)(C(=O)O)C(F)(F)F.CC(C)(CO)C(F)(F)F. The highest BCUT2D eigenvalue weighted by atomic mass is 19.4. The topological polar surface area (TPSA) is 57.5 Å². The average molecular weight is 298 g/mol. The van der Waals surface area contributed by atoms with Gasteiger partial charge >= 0.3 is 18.3 Å². The Morgan fingerprint density at radius 3 is 1.21 bits per heavy atom. The van der Waals surface area contributed by atoms with E-state index < -0.39 is 35.8 Å². The summed E-state index contributed by atoms with van der Waals surface area (Å²) in [5.74, 6) is -1.86. The van der Waals surface area contributed by atoms with Gasteiger partial charge in [-0.25, -0.2) is 0 Å². The van der Waals surface area contributed by atoms with Crippen LogP contribution in [0.15, 0.2) is 0 Å². The van der Waals surface area contributed by atoms with Crippen LogP contribution in [0.5, 0.6) is 0 Å². The summed E-state index contributed by atoms with van der Waals surface area (Å²) in [5, 5.41) is 16.3. The average Bonchev–Trinajstić information content (AvgIpc) is 2.14. The third kappa shape index (κ3) is 5.66. The van der Waals surface area contributed by atoms with Crippen molar-refractivity contribution in [2.24, 2.45) is 10.8 Å². The minimum Gasteiger partial charge on any atom is -0.481 e. The van der Waals surface area contributed by atoms with Crippen molar-refractivity contribution in [2.45, 2.75) is 40.0 Å². The maximum Gasteiger partial charge on any atom is 0.404 e. The molecule has 0 rings (SSSR count). The van der Waals surface area contributed by atoms with Gasteiger partial charge in [0.25, 0.3) is 0 Å². The maximum absolute atomic E-state index is 11.7. The van der Waals surface area contributed by atoms with E-state index in [9.17, 15) is 31.1 Å². The molecule has 0 bridgehead atoms. The van der Waals surface area contributed by atoms with Gasteiger partial charge in [-0.3, -0.25) is 4.79 Å². The van der Waals surface area contributed by atoms with Crippen LogP contribution in [0.2, 0.25) is 0 Å². The molecule has 0 radical (unpaired) electrons. The number of aliphatic hydroxyl groups excluding tert-OH is 1. The maximum atomic E-state index is 11.7. The molecule has 0 aliphatic heterocycles. The standard InChI is InChI=1S/C5H7F3O2.C5H9F3O/c1-4(2,3(9)10)5(6,7)8;1-4(2,3-9)5(6,7)8/h1-2H3,(H,9,10);9H,3H2,1-2H3. The lowest BCUT2D eigenvalue weighted by molar-refractivity contribution is -0.222. The van der Waals surface area contributed by atoms with E-state index in [-0.39, 0.29) is 0 Å². The molecule has 0 aromatic heterocycles. The Balaban J connectivity index is 0. The highest BCUT2D eigenvalue weighted by Gasteiger charge is 2.53. The van der Waals surface area contributed by atoms with E-state index in [2.05, 4.69) is 0 Å². The summed E-state index contributed by atoms with van der Waals surface area (Å²) in [6.45, 7) is 2.28. The molecule has 0 amide bonds. The second kappa shape index (κ2) is 5.98. The smallest absolute Gasteiger partial charge is 0.404 e. The Hall–Kier alpha value is -0.990. The number of carboxylic acid groups (broad SMARTS) is 1. The first-order valence-electron chi connectivity index (χ1n) is 4.98. The van der Waals surface area contributed by atoms with Gasteiger partial charge in [0.15, 0.2) is 5.41 Å². The van der Waals surface area contributed by atoms with Crippen molar-refractivity contribution < 1.29 is 41.4 Å². The predicted octanol–water partition coefficient (Wildman–Crippen LogP) is 3.23. The van der Waals surface area contributed by atoms with Crippen LogP contribution in [0.25, 0.3) is 0 Å². The summed E-state index contributed by atoms with van der Waals surface area (Å²) < 4.78 is 70.1. The fourth-order valence-corrected chi connectivity index (χ4v) is 0.211. The number of rotatable bonds is 2. The first-order valence-corrected chi connectivity index (χ1v) is 4.98. The molecule has 19 heavy (non-hydrogen) atoms. The second-order valence-electron chi connectivity index (χ2n) is 4.97. The molecule has 0 aromatic rings. The van der Waals surface area contributed by atoms with E-state index in [1.807, 2.05) is 0 Å². The third-order valence-corrected chi connectivity index (χ3v) is 2.41. The van der Waals surface area contributed by atoms with Crippen molar-refractivity contribution >= 4 is 5.97 Å². The predicted molar refractivity (Wildman–Crippen MR) is 54.4 cm³/mol. The fraction of sp³-hybridized carbons (Fsp3) is 0.900. The minimum atomic E-state index is -4.68. The number of carboxylic acids is 1. The minimum absolute atomic E-state index is 0.620. The first kappa shape index (κ1) is 20.3. The summed E-state index contributed by atoms with van der Waals surface area (Å²) in [5.41, 5.74) is -4.61. The van der Waals surface area contributed by atoms with Crippen LogP contribution >= 0.6 is 0 Å². The van der Waals surface area contributed by atoms with Gasteiger partial charge in [-0.05, 0) is 27.7 Å². The van der Waals surface area contributed by atoms with Crippen molar-refractivity contribution in [2.75, 3.05) is 6.61 Å². The molecule has 0 aromatic carbocycles. The summed E-state index contributed by atoms with van der Waals surface area (Å²) >= 11 is 0. The zero-order valence-corrected chi connectivity index (χ0v) is 10.8. The van der Waals surface area contributed by atoms with Crippen LogP contribution < -0.4 is 0 Å². The van der Waals surface area contributed by atoms with Crippen molar-refractivity contribution in [3.63, 3.8) is 0 Å². The second-order valence-corrected chi connectivity index (χ2v) is 4.97. The van der Waals surface area contributed by atoms with Crippen LogP contribution in [0.3, 0.4) is 0 Å². The van der Waals surface area contributed by atoms with Crippen LogP contribution in [0, 0.1) is 10.8 Å². The molecule has 9 heteroatoms. The largest absolute Gasteiger partial charge is 0.481 e. The fourth-order valence-electron chi connectivity index (χ4n) is 0.211. The Kier molecular flexibility index (Phi) is 6.39. The molecule has 0 atom stereocenters. The molecule has 0 saturated heterocycles. The Labute approximate surface area is 106 Å². The van der Waals surface area contributed by atoms with Crippen LogP contribution in [0.1, 0.15) is 27.7 Å². The third-order valence-electron chi connectivity index (χ3n) is 2.41. The number of carbonyl (C=O) groups is 1. The molecule has 0 spiro atoms. The Morgan fingerprint density at radius 1 is 0.895 bits per heavy atom. The van der Waals surface area contributed by atoms with E-state index in [0.29, 0.717) is 13.8 Å². The summed E-state index contributed by atoms with van der Waals surface area (Å²) in [4.78, 5) is 9.95. The van der Waals surface area contributed by atoms with E-state index in [0.717, 1.165) is 13.8 Å². The molecule has 116 valence electrons. The Morgan fingerprint density at radius 2 is 1.21 bits per heavy atom. The van der Waals surface area contributed by atoms with Crippen molar-refractivity contribution in [3.05, 3.63) is 0 Å². The molecule has 0 saturated carbocycles. The highest BCUT2D eigenvalue weighted by molar-refractivity contribution is 5.74. The molecule has 2 N–H and O–H groups in total. The lowest BCUT2D eigenvalue weighted by Crippen LogP contribution is -2.39. The zero-order chi connectivity index (χ0) is 16.3. The van der Waals surface area contributed by atoms with Gasteiger partial charge in [0, 0.05) is 0 Å². The van der Waals surface area contributed by atoms with Gasteiger partial charge in [-0.1, -0.05) is 0 Å². The van der Waals surface area contributed by atoms with Gasteiger partial charge in [0.05, 0.1) is 12.0 Å². The van der Waals surface area contributed by atoms with E-state index in [1.54, 1.807) is 0 Å². The van der Waals surface area contributed by atoms with E-state index in [4.69, 9.17) is 10.2 Å². The summed E-state index contributed by atoms with van der Waals surface area (Å²) in [7, 11) is 0. The van der Waals surface area contributed by atoms with E-state index in [1.165, 1.54) is 0 Å². The molecule has 3 nitrogen and oxygen atoms in total. The van der Waals surface area contributed by atoms with Crippen molar-refractivity contribution in [1.82, 2.24) is 0 Å². The van der Waals surface area contributed by atoms with Crippen molar-refractivity contribution in [3.8, 4) is 0 Å². The molecule has 0 aliphatic carbocycles. The molecule has 0 heterocycles. The normalized spacial score (nSPS) is 13.6. The Bertz CT molecular complexity index is 303. The molecular formula is C10H16F6O3. The number of aliphatic hydroxyl groups is 1. The monoisotopic (exact) mass is 298 g/mol. The van der Waals surface area contributed by atoms with Gasteiger partial charge in [0.1, 0.15) is 0 Å². The summed E-state index contributed by atoms with van der Waals surface area (Å²) in [6.07, 6.45) is -8.99. The van der Waals surface area contributed by atoms with Crippen LogP contribution in [-0.2, 0) is 4.79 Å². The highest BCUT2D eigenvalue weighted by Crippen LogP contribution is 2.37. The molecule has 0 fully saturated rings. The van der Waals surface area contributed by atoms with Crippen LogP contribution in [0.4, 0.5) is 26.3 Å². The lowest BCUT2D eigenvalue weighted by Gasteiger charge is -2.24. The molecule has 0 unspecified atom stereocenters. The number of hydrogen-bond acceptors (Lipinski definition) is 2. The van der Waals surface area contributed by atoms with Gasteiger partial charge in [-0.2, -0.15) is 26.3 Å². The quantitative estimate of drug-likeness (QED) is 0.770. The molecular weight excluding hydrogens is 282 g/mol. The number of halogens is 6. The van der Waals surface area contributed by atoms with Gasteiger partial charge < -0.3 is 10.2 Å². The number of alkyl halides is 6. The van der Waals surface area contributed by atoms with Crippen LogP contribution in [-0.4, -0.2) is 35.1 Å². The number of hydrogen-bond donors (Lipinski definition) is 2. The van der Waals surface area contributed by atoms with E-state index >= 15 is 0 Å².